The maximum Gasteiger partial charge on any atom is 0.269 e. The summed E-state index contributed by atoms with van der Waals surface area (Å²) in [7, 11) is 0. The van der Waals surface area contributed by atoms with Crippen LogP contribution in [-0.2, 0) is 16.2 Å². The lowest BCUT2D eigenvalue weighted by molar-refractivity contribution is -0.611. The van der Waals surface area contributed by atoms with Gasteiger partial charge in [0.05, 0.1) is 33.8 Å². The highest BCUT2D eigenvalue weighted by Crippen LogP contribution is 2.43. The van der Waals surface area contributed by atoms with Gasteiger partial charge in [-0.25, -0.2) is 4.98 Å². The van der Waals surface area contributed by atoms with Crippen LogP contribution in [0.1, 0.15) is 155 Å². The van der Waals surface area contributed by atoms with E-state index in [1.54, 1.807) is 0 Å². The lowest BCUT2D eigenvalue weighted by atomic mass is 9.80. The number of fused-ring (bicyclic) bond motifs is 3. The summed E-state index contributed by atoms with van der Waals surface area (Å²) >= 11 is 0. The summed E-state index contributed by atoms with van der Waals surface area (Å²) in [5, 5.41) is 2.32. The monoisotopic (exact) mass is 1000 g/mol. The predicted molar refractivity (Wildman–Crippen MR) is 319 cm³/mol. The molecule has 5 nitrogen and oxygen atoms in total. The normalized spacial score (nSPS) is 12.5. The molecule has 0 N–H and O–H groups in total. The van der Waals surface area contributed by atoms with Crippen LogP contribution in [0.4, 0.5) is 0 Å². The first-order valence-corrected chi connectivity index (χ1v) is 27.4. The third kappa shape index (κ3) is 10.0. The van der Waals surface area contributed by atoms with Crippen molar-refractivity contribution in [2.75, 3.05) is 0 Å². The summed E-state index contributed by atoms with van der Waals surface area (Å²) in [5.41, 5.74) is 18.4. The molecule has 0 aliphatic carbocycles. The molecular weight excluding hydrogens is 925 g/mol. The van der Waals surface area contributed by atoms with Crippen LogP contribution >= 0.6 is 0 Å². The molecule has 0 saturated heterocycles. The molecule has 0 amide bonds. The molecule has 0 aliphatic rings. The van der Waals surface area contributed by atoms with E-state index in [0.717, 1.165) is 56.2 Å². The van der Waals surface area contributed by atoms with Crippen molar-refractivity contribution in [3.8, 4) is 62.1 Å². The van der Waals surface area contributed by atoms with Crippen molar-refractivity contribution in [1.82, 2.24) is 14.1 Å². The van der Waals surface area contributed by atoms with Crippen molar-refractivity contribution >= 4 is 21.8 Å². The summed E-state index contributed by atoms with van der Waals surface area (Å²) in [6.45, 7) is 34.7. The molecule has 0 saturated carbocycles. The van der Waals surface area contributed by atoms with Gasteiger partial charge in [-0.1, -0.05) is 195 Å². The van der Waals surface area contributed by atoms with Crippen LogP contribution < -0.4 is 9.30 Å². The van der Waals surface area contributed by atoms with Crippen LogP contribution in [-0.4, -0.2) is 14.1 Å². The largest absolute Gasteiger partial charge is 0.458 e. The van der Waals surface area contributed by atoms with E-state index >= 15 is 0 Å². The second-order valence-corrected chi connectivity index (χ2v) is 25.0. The predicted octanol–water partition coefficient (Wildman–Crippen LogP) is 19.1. The molecule has 3 aromatic heterocycles. The first kappa shape index (κ1) is 52.0. The molecule has 0 atom stereocenters. The molecule has 10 aromatic rings. The van der Waals surface area contributed by atoms with E-state index < -0.39 is 0 Å². The number of aromatic nitrogens is 4. The lowest BCUT2D eigenvalue weighted by Gasteiger charge is -2.30. The van der Waals surface area contributed by atoms with Crippen molar-refractivity contribution in [2.45, 2.75) is 138 Å². The summed E-state index contributed by atoms with van der Waals surface area (Å²) in [5.74, 6) is 3.44. The zero-order chi connectivity index (χ0) is 54.0. The van der Waals surface area contributed by atoms with Gasteiger partial charge in [-0.15, -0.1) is 0 Å². The number of nitrogens with zero attached hydrogens (tertiary/aromatic N) is 4. The summed E-state index contributed by atoms with van der Waals surface area (Å²) in [6.07, 6.45) is 6.00. The standard InChI is InChI=1S/C71H76N4O/c1-45(2)50-39-61(46(3)4)66(62(40-50)47(5)6)53-34-51(48-24-18-16-19-25-48)35-55(37-53)73-44-74(68(71(13,14)15)67(73)70(10,11)12)56-36-52(49-26-20-17-21-27-49)38-58(42-56)76-57-30-31-60-59-28-22-23-29-63(59)75(64(60)43-57)65-41-54(32-33-72-65)69(7,8)9/h16-43,45-47H,1-15H3. The number of imidazole rings is 1. The van der Waals surface area contributed by atoms with E-state index in [1.165, 1.54) is 61.3 Å². The lowest BCUT2D eigenvalue weighted by Crippen LogP contribution is -2.40. The summed E-state index contributed by atoms with van der Waals surface area (Å²) in [6, 6.07) is 59.7. The molecule has 3 heterocycles. The first-order valence-electron chi connectivity index (χ1n) is 27.4. The van der Waals surface area contributed by atoms with E-state index in [1.807, 2.05) is 6.20 Å². The Labute approximate surface area is 452 Å². The molecule has 76 heavy (non-hydrogen) atoms. The highest BCUT2D eigenvalue weighted by molar-refractivity contribution is 6.09. The zero-order valence-electron chi connectivity index (χ0n) is 47.6. The highest BCUT2D eigenvalue weighted by Gasteiger charge is 2.35. The molecule has 10 rings (SSSR count). The fourth-order valence-electron chi connectivity index (χ4n) is 11.1. The minimum atomic E-state index is -0.299. The minimum Gasteiger partial charge on any atom is -0.458 e. The maximum absolute atomic E-state index is 7.14. The topological polar surface area (TPSA) is 35.9 Å². The molecule has 0 aliphatic heterocycles. The van der Waals surface area contributed by atoms with Gasteiger partial charge in [0.1, 0.15) is 17.3 Å². The van der Waals surface area contributed by atoms with Crippen molar-refractivity contribution in [3.05, 3.63) is 210 Å². The Kier molecular flexibility index (Phi) is 13.6. The smallest absolute Gasteiger partial charge is 0.269 e. The summed E-state index contributed by atoms with van der Waals surface area (Å²) < 4.78 is 14.1. The zero-order valence-corrected chi connectivity index (χ0v) is 47.6. The Bertz CT molecular complexity index is 3720. The Morgan fingerprint density at radius 3 is 1.67 bits per heavy atom. The fraction of sp³-hybridized carbons (Fsp3) is 0.296. The van der Waals surface area contributed by atoms with Crippen molar-refractivity contribution in [2.24, 2.45) is 0 Å². The van der Waals surface area contributed by atoms with Gasteiger partial charge in [-0.2, -0.15) is 0 Å². The van der Waals surface area contributed by atoms with Gasteiger partial charge in [0, 0.05) is 23.0 Å². The van der Waals surface area contributed by atoms with Gasteiger partial charge in [-0.3, -0.25) is 13.7 Å². The molecule has 0 spiro atoms. The molecule has 0 fully saturated rings. The van der Waals surface area contributed by atoms with Crippen LogP contribution in [0.25, 0.3) is 72.4 Å². The van der Waals surface area contributed by atoms with Gasteiger partial charge in [-0.05, 0) is 156 Å². The average Bonchev–Trinajstić information content (AvgIpc) is 4.06. The Morgan fingerprint density at radius 1 is 0.487 bits per heavy atom. The van der Waals surface area contributed by atoms with E-state index in [-0.39, 0.29) is 16.2 Å². The molecular formula is C71H76N4O. The van der Waals surface area contributed by atoms with E-state index in [0.29, 0.717) is 17.8 Å². The second-order valence-electron chi connectivity index (χ2n) is 25.0. The van der Waals surface area contributed by atoms with Crippen LogP contribution in [0.5, 0.6) is 11.5 Å². The Hall–Kier alpha value is -7.50. The number of rotatable bonds is 11. The Balaban J connectivity index is 1.20. The maximum atomic E-state index is 7.14. The first-order chi connectivity index (χ1) is 36.0. The van der Waals surface area contributed by atoms with E-state index in [4.69, 9.17) is 9.72 Å². The number of benzene rings is 7. The van der Waals surface area contributed by atoms with Crippen molar-refractivity contribution in [3.63, 3.8) is 0 Å². The Morgan fingerprint density at radius 2 is 1.08 bits per heavy atom. The number of ether oxygens (including phenoxy) is 1. The number of hydrogen-bond donors (Lipinski definition) is 0. The number of para-hydroxylation sites is 1. The molecule has 0 unspecified atom stereocenters. The second kappa shape index (κ2) is 19.9. The van der Waals surface area contributed by atoms with Crippen LogP contribution in [0, 0.1) is 6.33 Å². The summed E-state index contributed by atoms with van der Waals surface area (Å²) in [4.78, 5) is 4.96. The molecule has 0 radical (unpaired) electrons. The van der Waals surface area contributed by atoms with Gasteiger partial charge in [0.2, 0.25) is 0 Å². The van der Waals surface area contributed by atoms with Crippen LogP contribution in [0.3, 0.4) is 0 Å². The third-order valence-corrected chi connectivity index (χ3v) is 15.0. The average molecular weight is 1000 g/mol. The molecule has 386 valence electrons. The minimum absolute atomic E-state index is 0.0343. The third-order valence-electron chi connectivity index (χ3n) is 15.0. The van der Waals surface area contributed by atoms with E-state index in [2.05, 4.69) is 288 Å². The van der Waals surface area contributed by atoms with Gasteiger partial charge in [0.15, 0.2) is 0 Å². The number of pyridine rings is 1. The van der Waals surface area contributed by atoms with Crippen molar-refractivity contribution < 1.29 is 9.30 Å². The van der Waals surface area contributed by atoms with E-state index in [9.17, 15) is 0 Å². The number of hydrogen-bond acceptors (Lipinski definition) is 2. The van der Waals surface area contributed by atoms with Crippen LogP contribution in [0.15, 0.2) is 170 Å². The van der Waals surface area contributed by atoms with Crippen LogP contribution in [0.2, 0.25) is 0 Å². The quantitative estimate of drug-likeness (QED) is 0.0956. The molecule has 0 bridgehead atoms. The highest BCUT2D eigenvalue weighted by atomic mass is 16.5. The van der Waals surface area contributed by atoms with Crippen molar-refractivity contribution in [1.29, 1.82) is 0 Å². The fourth-order valence-corrected chi connectivity index (χ4v) is 11.1. The molecule has 5 heteroatoms. The van der Waals surface area contributed by atoms with Gasteiger partial charge in [0.25, 0.3) is 6.33 Å². The van der Waals surface area contributed by atoms with Gasteiger partial charge >= 0.3 is 0 Å². The SMILES string of the molecule is CC(C)c1cc(C(C)C)c(-c2cc(-c3ccccc3)cc(-[n+]3[c-]n(-c4cc(Oc5ccc6c7ccccc7n(-c7cc(C(C)(C)C)ccn7)c6c5)cc(-c5ccccc5)c4)c(C(C)(C)C)c3C(C)(C)C)c2)c(C(C)C)c1. The molecule has 7 aromatic carbocycles. The van der Waals surface area contributed by atoms with Gasteiger partial charge < -0.3 is 4.74 Å².